The molecule has 1 fully saturated rings. The van der Waals surface area contributed by atoms with Gasteiger partial charge in [-0.05, 0) is 36.5 Å². The van der Waals surface area contributed by atoms with Crippen LogP contribution in [0.25, 0.3) is 0 Å². The zero-order valence-electron chi connectivity index (χ0n) is 12.1. The molecular weight excluding hydrogens is 282 g/mol. The van der Waals surface area contributed by atoms with Gasteiger partial charge in [0, 0.05) is 13.1 Å². The lowest BCUT2D eigenvalue weighted by Crippen LogP contribution is -2.28. The van der Waals surface area contributed by atoms with E-state index in [1.54, 1.807) is 4.90 Å². The molecule has 1 aromatic heterocycles. The Kier molecular flexibility index (Phi) is 3.96. The highest BCUT2D eigenvalue weighted by atomic mass is 16.4. The van der Waals surface area contributed by atoms with Gasteiger partial charge in [-0.25, -0.2) is 4.79 Å². The number of carbonyl (C=O) groups is 2. The number of rotatable bonds is 4. The second-order valence-corrected chi connectivity index (χ2v) is 5.56. The van der Waals surface area contributed by atoms with E-state index in [1.807, 2.05) is 18.2 Å². The summed E-state index contributed by atoms with van der Waals surface area (Å²) in [7, 11) is 0. The Bertz CT molecular complexity index is 677. The minimum atomic E-state index is -1.16. The number of carbonyl (C=O) groups excluding carboxylic acids is 1. The normalized spacial score (nSPS) is 17.6. The molecule has 5 heteroatoms. The lowest BCUT2D eigenvalue weighted by Gasteiger charge is -2.15. The van der Waals surface area contributed by atoms with Gasteiger partial charge >= 0.3 is 5.97 Å². The number of carboxylic acids is 1. The topological polar surface area (TPSA) is 70.8 Å². The summed E-state index contributed by atoms with van der Waals surface area (Å²) in [5.41, 5.74) is 1.27. The molecule has 22 heavy (non-hydrogen) atoms. The molecule has 1 aliphatic heterocycles. The molecule has 1 atom stereocenters. The molecule has 0 saturated carbocycles. The second kappa shape index (κ2) is 6.05. The Morgan fingerprint density at radius 1 is 1.14 bits per heavy atom. The third-order valence-electron chi connectivity index (χ3n) is 3.97. The second-order valence-electron chi connectivity index (χ2n) is 5.56. The van der Waals surface area contributed by atoms with Crippen LogP contribution in [0, 0.1) is 5.92 Å². The minimum Gasteiger partial charge on any atom is -0.475 e. The molecule has 0 spiro atoms. The van der Waals surface area contributed by atoms with E-state index in [2.05, 4.69) is 12.1 Å². The molecule has 0 unspecified atom stereocenters. The average Bonchev–Trinajstić information content (AvgIpc) is 3.17. The van der Waals surface area contributed by atoms with Crippen LogP contribution in [0.15, 0.2) is 46.9 Å². The number of aromatic carboxylic acids is 1. The number of nitrogens with zero attached hydrogens (tertiary/aromatic N) is 1. The molecule has 1 amide bonds. The minimum absolute atomic E-state index is 0.0951. The van der Waals surface area contributed by atoms with Gasteiger partial charge in [0.2, 0.25) is 5.76 Å². The molecule has 0 bridgehead atoms. The fourth-order valence-electron chi connectivity index (χ4n) is 2.85. The number of amides is 1. The molecule has 5 nitrogen and oxygen atoms in total. The lowest BCUT2D eigenvalue weighted by atomic mass is 9.99. The van der Waals surface area contributed by atoms with Crippen molar-refractivity contribution in [1.82, 2.24) is 4.90 Å². The third-order valence-corrected chi connectivity index (χ3v) is 3.97. The van der Waals surface area contributed by atoms with E-state index < -0.39 is 5.97 Å². The fourth-order valence-corrected chi connectivity index (χ4v) is 2.85. The fraction of sp³-hybridized carbons (Fsp3) is 0.294. The van der Waals surface area contributed by atoms with Gasteiger partial charge in [-0.3, -0.25) is 4.79 Å². The number of benzene rings is 1. The predicted molar refractivity (Wildman–Crippen MR) is 79.8 cm³/mol. The highest BCUT2D eigenvalue weighted by molar-refractivity contribution is 5.93. The summed E-state index contributed by atoms with van der Waals surface area (Å²) in [4.78, 5) is 24.8. The summed E-state index contributed by atoms with van der Waals surface area (Å²) >= 11 is 0. The summed E-state index contributed by atoms with van der Waals surface area (Å²) in [6.07, 6.45) is 1.90. The summed E-state index contributed by atoms with van der Waals surface area (Å²) in [5, 5.41) is 8.83. The van der Waals surface area contributed by atoms with E-state index in [4.69, 9.17) is 9.52 Å². The van der Waals surface area contributed by atoms with Crippen LogP contribution < -0.4 is 0 Å². The van der Waals surface area contributed by atoms with Gasteiger partial charge in [-0.15, -0.1) is 0 Å². The molecule has 2 aromatic rings. The van der Waals surface area contributed by atoms with Crippen molar-refractivity contribution in [1.29, 1.82) is 0 Å². The van der Waals surface area contributed by atoms with Gasteiger partial charge in [-0.1, -0.05) is 30.3 Å². The Labute approximate surface area is 128 Å². The van der Waals surface area contributed by atoms with Crippen molar-refractivity contribution in [3.05, 3.63) is 59.5 Å². The first kappa shape index (κ1) is 14.4. The van der Waals surface area contributed by atoms with Crippen LogP contribution in [0.1, 0.15) is 33.1 Å². The van der Waals surface area contributed by atoms with E-state index in [1.165, 1.54) is 17.7 Å². The number of furan rings is 1. The summed E-state index contributed by atoms with van der Waals surface area (Å²) in [5.74, 6) is -1.08. The molecule has 0 radical (unpaired) electrons. The van der Waals surface area contributed by atoms with Crippen molar-refractivity contribution in [2.45, 2.75) is 12.8 Å². The molecule has 1 aromatic carbocycles. The van der Waals surface area contributed by atoms with E-state index in [9.17, 15) is 9.59 Å². The lowest BCUT2D eigenvalue weighted by molar-refractivity contribution is 0.0653. The van der Waals surface area contributed by atoms with Crippen molar-refractivity contribution < 1.29 is 19.1 Å². The largest absolute Gasteiger partial charge is 0.475 e. The Balaban J connectivity index is 1.62. The Hall–Kier alpha value is -2.56. The van der Waals surface area contributed by atoms with Gasteiger partial charge in [0.1, 0.15) is 0 Å². The summed E-state index contributed by atoms with van der Waals surface area (Å²) in [6, 6.07) is 13.0. The first-order chi connectivity index (χ1) is 10.6. The van der Waals surface area contributed by atoms with Crippen LogP contribution in [0.3, 0.4) is 0 Å². The highest BCUT2D eigenvalue weighted by Gasteiger charge is 2.29. The number of hydrogen-bond donors (Lipinski definition) is 1. The van der Waals surface area contributed by atoms with Gasteiger partial charge in [-0.2, -0.15) is 0 Å². The number of likely N-dealkylation sites (tertiary alicyclic amines) is 1. The van der Waals surface area contributed by atoms with E-state index in [0.29, 0.717) is 19.0 Å². The molecule has 114 valence electrons. The molecular formula is C17H17NO4. The zero-order chi connectivity index (χ0) is 15.5. The van der Waals surface area contributed by atoms with Crippen LogP contribution in [0.4, 0.5) is 0 Å². The zero-order valence-corrected chi connectivity index (χ0v) is 12.1. The van der Waals surface area contributed by atoms with Crippen LogP contribution in [-0.4, -0.2) is 35.0 Å². The maximum atomic E-state index is 12.3. The van der Waals surface area contributed by atoms with Gasteiger partial charge in [0.05, 0.1) is 0 Å². The molecule has 0 aliphatic carbocycles. The van der Waals surface area contributed by atoms with Crippen LogP contribution in [0.2, 0.25) is 0 Å². The average molecular weight is 299 g/mol. The van der Waals surface area contributed by atoms with Crippen molar-refractivity contribution in [2.75, 3.05) is 13.1 Å². The first-order valence-corrected chi connectivity index (χ1v) is 7.30. The SMILES string of the molecule is O=C(O)c1ccc(C(=O)N2CC[C@@H](Cc3ccccc3)C2)o1. The molecule has 1 aliphatic rings. The summed E-state index contributed by atoms with van der Waals surface area (Å²) < 4.78 is 5.08. The smallest absolute Gasteiger partial charge is 0.371 e. The molecule has 1 saturated heterocycles. The van der Waals surface area contributed by atoms with Crippen molar-refractivity contribution in [2.24, 2.45) is 5.92 Å². The maximum absolute atomic E-state index is 12.3. The Morgan fingerprint density at radius 2 is 1.86 bits per heavy atom. The standard InChI is InChI=1S/C17H17NO4/c19-16(14-6-7-15(22-14)17(20)21)18-9-8-13(11-18)10-12-4-2-1-3-5-12/h1-7,13H,8-11H2,(H,20,21)/t13-/m0/s1. The maximum Gasteiger partial charge on any atom is 0.371 e. The summed E-state index contributed by atoms with van der Waals surface area (Å²) in [6.45, 7) is 1.36. The van der Waals surface area contributed by atoms with Crippen molar-refractivity contribution in [3.63, 3.8) is 0 Å². The highest BCUT2D eigenvalue weighted by Crippen LogP contribution is 2.23. The van der Waals surface area contributed by atoms with Gasteiger partial charge < -0.3 is 14.4 Å². The molecule has 3 rings (SSSR count). The molecule has 2 heterocycles. The van der Waals surface area contributed by atoms with Crippen molar-refractivity contribution >= 4 is 11.9 Å². The quantitative estimate of drug-likeness (QED) is 0.942. The van der Waals surface area contributed by atoms with Crippen LogP contribution in [-0.2, 0) is 6.42 Å². The molecule has 1 N–H and O–H groups in total. The van der Waals surface area contributed by atoms with E-state index in [-0.39, 0.29) is 17.4 Å². The third kappa shape index (κ3) is 3.03. The van der Waals surface area contributed by atoms with E-state index in [0.717, 1.165) is 12.8 Å². The first-order valence-electron chi connectivity index (χ1n) is 7.30. The predicted octanol–water partition coefficient (Wildman–Crippen LogP) is 2.68. The number of hydrogen-bond acceptors (Lipinski definition) is 3. The van der Waals surface area contributed by atoms with Gasteiger partial charge in [0.15, 0.2) is 5.76 Å². The van der Waals surface area contributed by atoms with Crippen LogP contribution in [0.5, 0.6) is 0 Å². The van der Waals surface area contributed by atoms with Gasteiger partial charge in [0.25, 0.3) is 5.91 Å². The Morgan fingerprint density at radius 3 is 2.55 bits per heavy atom. The number of carboxylic acid groups (broad SMARTS) is 1. The van der Waals surface area contributed by atoms with Crippen molar-refractivity contribution in [3.8, 4) is 0 Å². The monoisotopic (exact) mass is 299 g/mol. The van der Waals surface area contributed by atoms with Crippen LogP contribution >= 0.6 is 0 Å². The van der Waals surface area contributed by atoms with E-state index >= 15 is 0 Å².